The third-order valence-electron chi connectivity index (χ3n) is 4.96. The highest BCUT2D eigenvalue weighted by atomic mass is 79.9. The maximum atomic E-state index is 13.4. The molecule has 0 saturated carbocycles. The topological polar surface area (TPSA) is 62.3 Å². The smallest absolute Gasteiger partial charge is 0.278 e. The van der Waals surface area contributed by atoms with E-state index in [1.807, 2.05) is 62.4 Å². The van der Waals surface area contributed by atoms with Gasteiger partial charge in [-0.15, -0.1) is 0 Å². The number of halogens is 1. The van der Waals surface area contributed by atoms with E-state index in [1.165, 1.54) is 4.90 Å². The van der Waals surface area contributed by atoms with Crippen LogP contribution in [0.2, 0.25) is 0 Å². The second-order valence-electron chi connectivity index (χ2n) is 7.22. The Bertz CT molecular complexity index is 1170. The van der Waals surface area contributed by atoms with Gasteiger partial charge in [-0.05, 0) is 55.3 Å². The Balaban J connectivity index is 1.79. The lowest BCUT2D eigenvalue weighted by molar-refractivity contribution is -0.137. The van der Waals surface area contributed by atoms with Crippen LogP contribution in [0.3, 0.4) is 0 Å². The van der Waals surface area contributed by atoms with Gasteiger partial charge in [0.2, 0.25) is 0 Å². The van der Waals surface area contributed by atoms with Gasteiger partial charge in [0.05, 0.1) is 17.8 Å². The van der Waals surface area contributed by atoms with E-state index in [4.69, 9.17) is 0 Å². The molecule has 0 radical (unpaired) electrons. The number of carbonyl (C=O) groups excluding carboxylic acids is 2. The van der Waals surface area contributed by atoms with Gasteiger partial charge in [0.15, 0.2) is 0 Å². The average Bonchev–Trinajstić information content (AvgIpc) is 2.93. The van der Waals surface area contributed by atoms with Crippen molar-refractivity contribution in [1.82, 2.24) is 9.88 Å². The van der Waals surface area contributed by atoms with Crippen LogP contribution in [-0.2, 0) is 16.1 Å². The first-order valence-corrected chi connectivity index (χ1v) is 10.3. The van der Waals surface area contributed by atoms with Gasteiger partial charge in [-0.3, -0.25) is 19.5 Å². The van der Waals surface area contributed by atoms with Gasteiger partial charge in [0.1, 0.15) is 5.70 Å². The second kappa shape index (κ2) is 8.24. The minimum atomic E-state index is -0.361. The SMILES string of the molecule is Cc1ccc(C2=C(Nc3cccc(Br)c3)C(=O)N(Cc3ccccn3)C2=O)c(C)c1. The Morgan fingerprint density at radius 1 is 0.967 bits per heavy atom. The number of hydrogen-bond acceptors (Lipinski definition) is 4. The van der Waals surface area contributed by atoms with E-state index in [-0.39, 0.29) is 24.1 Å². The van der Waals surface area contributed by atoms with Gasteiger partial charge in [-0.25, -0.2) is 0 Å². The number of nitrogens with zero attached hydrogens (tertiary/aromatic N) is 2. The molecule has 4 rings (SSSR count). The average molecular weight is 462 g/mol. The second-order valence-corrected chi connectivity index (χ2v) is 8.14. The van der Waals surface area contributed by atoms with E-state index < -0.39 is 0 Å². The van der Waals surface area contributed by atoms with Crippen molar-refractivity contribution in [2.24, 2.45) is 0 Å². The van der Waals surface area contributed by atoms with Crippen molar-refractivity contribution in [3.63, 3.8) is 0 Å². The fourth-order valence-corrected chi connectivity index (χ4v) is 3.94. The van der Waals surface area contributed by atoms with Crippen LogP contribution in [0.4, 0.5) is 5.69 Å². The first-order valence-electron chi connectivity index (χ1n) is 9.54. The number of benzene rings is 2. The summed E-state index contributed by atoms with van der Waals surface area (Å²) >= 11 is 3.45. The van der Waals surface area contributed by atoms with Gasteiger partial charge in [-0.1, -0.05) is 51.8 Å². The largest absolute Gasteiger partial charge is 0.350 e. The van der Waals surface area contributed by atoms with Crippen molar-refractivity contribution < 1.29 is 9.59 Å². The van der Waals surface area contributed by atoms with Crippen LogP contribution in [0.1, 0.15) is 22.4 Å². The lowest BCUT2D eigenvalue weighted by atomic mass is 9.97. The van der Waals surface area contributed by atoms with Crippen molar-refractivity contribution >= 4 is 39.0 Å². The van der Waals surface area contributed by atoms with Crippen LogP contribution in [0.25, 0.3) is 5.57 Å². The zero-order valence-corrected chi connectivity index (χ0v) is 18.2. The third-order valence-corrected chi connectivity index (χ3v) is 5.45. The van der Waals surface area contributed by atoms with Crippen LogP contribution >= 0.6 is 15.9 Å². The van der Waals surface area contributed by atoms with Crippen LogP contribution in [0.15, 0.2) is 77.0 Å². The predicted molar refractivity (Wildman–Crippen MR) is 120 cm³/mol. The van der Waals surface area contributed by atoms with Gasteiger partial charge in [-0.2, -0.15) is 0 Å². The Labute approximate surface area is 183 Å². The first-order chi connectivity index (χ1) is 14.4. The summed E-state index contributed by atoms with van der Waals surface area (Å²) in [5, 5.41) is 3.19. The number of amides is 2. The van der Waals surface area contributed by atoms with E-state index in [0.717, 1.165) is 26.9 Å². The van der Waals surface area contributed by atoms with Gasteiger partial charge >= 0.3 is 0 Å². The van der Waals surface area contributed by atoms with E-state index in [9.17, 15) is 9.59 Å². The lowest BCUT2D eigenvalue weighted by Crippen LogP contribution is -2.32. The number of carbonyl (C=O) groups is 2. The molecule has 0 atom stereocenters. The summed E-state index contributed by atoms with van der Waals surface area (Å²) in [4.78, 5) is 32.2. The zero-order valence-electron chi connectivity index (χ0n) is 16.6. The molecule has 1 aliphatic heterocycles. The number of pyridine rings is 1. The van der Waals surface area contributed by atoms with E-state index in [1.54, 1.807) is 18.3 Å². The molecule has 150 valence electrons. The maximum Gasteiger partial charge on any atom is 0.278 e. The molecule has 1 aliphatic rings. The molecule has 0 aliphatic carbocycles. The Morgan fingerprint density at radius 3 is 2.50 bits per heavy atom. The molecule has 0 bridgehead atoms. The van der Waals surface area contributed by atoms with Gasteiger partial charge in [0.25, 0.3) is 11.8 Å². The molecule has 0 saturated heterocycles. The van der Waals surface area contributed by atoms with E-state index >= 15 is 0 Å². The van der Waals surface area contributed by atoms with Gasteiger partial charge in [0, 0.05) is 16.4 Å². The highest BCUT2D eigenvalue weighted by Gasteiger charge is 2.39. The molecule has 0 spiro atoms. The molecule has 2 amide bonds. The summed E-state index contributed by atoms with van der Waals surface area (Å²) in [5.41, 5.74) is 4.83. The molecule has 0 fully saturated rings. The fraction of sp³-hybridized carbons (Fsp3) is 0.125. The molecule has 1 N–H and O–H groups in total. The molecule has 1 aromatic heterocycles. The molecular formula is C24H20BrN3O2. The summed E-state index contributed by atoms with van der Waals surface area (Å²) < 4.78 is 0.878. The van der Waals surface area contributed by atoms with E-state index in [2.05, 4.69) is 26.2 Å². The van der Waals surface area contributed by atoms with E-state index in [0.29, 0.717) is 11.3 Å². The van der Waals surface area contributed by atoms with Gasteiger partial charge < -0.3 is 5.32 Å². The molecule has 30 heavy (non-hydrogen) atoms. The van der Waals surface area contributed by atoms with Crippen LogP contribution in [0.5, 0.6) is 0 Å². The lowest BCUT2D eigenvalue weighted by Gasteiger charge is -2.15. The summed E-state index contributed by atoms with van der Waals surface area (Å²) in [7, 11) is 0. The number of anilines is 1. The van der Waals surface area contributed by atoms with Crippen LogP contribution in [-0.4, -0.2) is 21.7 Å². The molecular weight excluding hydrogens is 442 g/mol. The Kier molecular flexibility index (Phi) is 5.50. The zero-order chi connectivity index (χ0) is 21.3. The minimum Gasteiger partial charge on any atom is -0.350 e. The van der Waals surface area contributed by atoms with Crippen molar-refractivity contribution in [2.75, 3.05) is 5.32 Å². The molecule has 6 heteroatoms. The normalized spacial score (nSPS) is 13.9. The van der Waals surface area contributed by atoms with Crippen LogP contribution in [0, 0.1) is 13.8 Å². The number of nitrogens with one attached hydrogen (secondary N) is 1. The molecule has 3 aromatic rings. The number of imide groups is 1. The number of rotatable bonds is 5. The number of aryl methyl sites for hydroxylation is 2. The summed E-state index contributed by atoms with van der Waals surface area (Å²) in [5.74, 6) is -0.685. The number of aromatic nitrogens is 1. The summed E-state index contributed by atoms with van der Waals surface area (Å²) in [6.45, 7) is 4.07. The van der Waals surface area contributed by atoms with Crippen molar-refractivity contribution in [1.29, 1.82) is 0 Å². The minimum absolute atomic E-state index is 0.122. The molecule has 2 aromatic carbocycles. The fourth-order valence-electron chi connectivity index (χ4n) is 3.54. The summed E-state index contributed by atoms with van der Waals surface area (Å²) in [6.07, 6.45) is 1.65. The van der Waals surface area contributed by atoms with Crippen LogP contribution < -0.4 is 5.32 Å². The number of hydrogen-bond donors (Lipinski definition) is 1. The monoisotopic (exact) mass is 461 g/mol. The molecule has 0 unspecified atom stereocenters. The summed E-state index contributed by atoms with van der Waals surface area (Å²) in [6, 6.07) is 18.8. The predicted octanol–water partition coefficient (Wildman–Crippen LogP) is 4.85. The quantitative estimate of drug-likeness (QED) is 0.551. The Hall–Kier alpha value is -3.25. The first kappa shape index (κ1) is 20.0. The molecule has 2 heterocycles. The highest BCUT2D eigenvalue weighted by molar-refractivity contribution is 9.10. The van der Waals surface area contributed by atoms with Crippen molar-refractivity contribution in [3.8, 4) is 0 Å². The van der Waals surface area contributed by atoms with Crippen molar-refractivity contribution in [3.05, 3.63) is 99.4 Å². The maximum absolute atomic E-state index is 13.4. The Morgan fingerprint density at radius 2 is 1.80 bits per heavy atom. The standard InChI is InChI=1S/C24H20BrN3O2/c1-15-9-10-20(16(2)12-15)21-22(27-18-8-5-6-17(25)13-18)24(30)28(23(21)29)14-19-7-3-4-11-26-19/h3-13,27H,14H2,1-2H3. The molecule has 5 nitrogen and oxygen atoms in total. The third kappa shape index (κ3) is 3.91. The van der Waals surface area contributed by atoms with Crippen molar-refractivity contribution in [2.45, 2.75) is 20.4 Å². The highest BCUT2D eigenvalue weighted by Crippen LogP contribution is 2.33.